The molecule has 110 valence electrons. The molecular formula is C16H19N3S2. The second kappa shape index (κ2) is 6.12. The maximum absolute atomic E-state index is 5.58. The first-order valence-corrected chi connectivity index (χ1v) is 8.47. The average Bonchev–Trinajstić information content (AvgIpc) is 3.08. The first-order chi connectivity index (χ1) is 10.2. The predicted molar refractivity (Wildman–Crippen MR) is 91.3 cm³/mol. The number of hydrogen-bond acceptors (Lipinski definition) is 3. The van der Waals surface area contributed by atoms with Crippen molar-refractivity contribution in [2.75, 3.05) is 6.54 Å². The number of aromatic nitrogens is 1. The summed E-state index contributed by atoms with van der Waals surface area (Å²) in [4.78, 5) is 8.17. The number of rotatable bonds is 4. The first kappa shape index (κ1) is 14.5. The standard InChI is InChI=1S/C16H19N3S2/c1-11(2)10-19-15(13-7-5-9-21-13)14(18-16(19)20)12-6-3-4-8-17-12/h3-9,11,14-15H,10H2,1-2H3,(H,18,20). The third kappa shape index (κ3) is 2.94. The van der Waals surface area contributed by atoms with Gasteiger partial charge in [-0.05, 0) is 41.7 Å². The van der Waals surface area contributed by atoms with E-state index in [2.05, 4.69) is 52.6 Å². The largest absolute Gasteiger partial charge is 0.352 e. The summed E-state index contributed by atoms with van der Waals surface area (Å²) >= 11 is 7.36. The zero-order chi connectivity index (χ0) is 14.8. The Labute approximate surface area is 135 Å². The van der Waals surface area contributed by atoms with Gasteiger partial charge in [-0.25, -0.2) is 0 Å². The zero-order valence-corrected chi connectivity index (χ0v) is 13.8. The van der Waals surface area contributed by atoms with Crippen LogP contribution in [0.4, 0.5) is 0 Å². The Balaban J connectivity index is 1.98. The Bertz CT molecular complexity index is 595. The minimum atomic E-state index is 0.121. The van der Waals surface area contributed by atoms with Gasteiger partial charge in [-0.15, -0.1) is 11.3 Å². The van der Waals surface area contributed by atoms with Crippen LogP contribution in [0.25, 0.3) is 0 Å². The van der Waals surface area contributed by atoms with Gasteiger partial charge in [-0.1, -0.05) is 26.0 Å². The fraction of sp³-hybridized carbons (Fsp3) is 0.375. The molecule has 1 aliphatic heterocycles. The topological polar surface area (TPSA) is 28.2 Å². The number of thiophene rings is 1. The van der Waals surface area contributed by atoms with Gasteiger partial charge in [0.25, 0.3) is 0 Å². The SMILES string of the molecule is CC(C)CN1C(=S)NC(c2ccccn2)C1c1cccs1. The van der Waals surface area contributed by atoms with Crippen LogP contribution in [-0.2, 0) is 0 Å². The Hall–Kier alpha value is -1.46. The Morgan fingerprint density at radius 3 is 2.81 bits per heavy atom. The average molecular weight is 317 g/mol. The lowest BCUT2D eigenvalue weighted by Gasteiger charge is -2.28. The third-order valence-corrected chi connectivity index (χ3v) is 4.89. The van der Waals surface area contributed by atoms with Gasteiger partial charge in [0.15, 0.2) is 5.11 Å². The maximum Gasteiger partial charge on any atom is 0.170 e. The molecule has 1 saturated heterocycles. The van der Waals surface area contributed by atoms with Crippen LogP contribution in [0.2, 0.25) is 0 Å². The van der Waals surface area contributed by atoms with Gasteiger partial charge in [-0.3, -0.25) is 4.98 Å². The van der Waals surface area contributed by atoms with Crippen molar-refractivity contribution in [1.29, 1.82) is 0 Å². The first-order valence-electron chi connectivity index (χ1n) is 7.18. The summed E-state index contributed by atoms with van der Waals surface area (Å²) in [6.45, 7) is 5.40. The molecule has 1 fully saturated rings. The highest BCUT2D eigenvalue weighted by Gasteiger charge is 2.40. The number of thiocarbonyl (C=S) groups is 1. The van der Waals surface area contributed by atoms with E-state index in [1.165, 1.54) is 4.88 Å². The maximum atomic E-state index is 5.58. The number of nitrogens with one attached hydrogen (secondary N) is 1. The van der Waals surface area contributed by atoms with Crippen LogP contribution in [0.3, 0.4) is 0 Å². The van der Waals surface area contributed by atoms with Crippen LogP contribution < -0.4 is 5.32 Å². The van der Waals surface area contributed by atoms with E-state index in [0.717, 1.165) is 17.4 Å². The second-order valence-electron chi connectivity index (χ2n) is 5.69. The van der Waals surface area contributed by atoms with E-state index in [1.54, 1.807) is 11.3 Å². The summed E-state index contributed by atoms with van der Waals surface area (Å²) in [6.07, 6.45) is 1.84. The smallest absolute Gasteiger partial charge is 0.170 e. The van der Waals surface area contributed by atoms with Crippen molar-refractivity contribution in [2.45, 2.75) is 25.9 Å². The normalized spacial score (nSPS) is 21.9. The van der Waals surface area contributed by atoms with Crippen LogP contribution >= 0.6 is 23.6 Å². The quantitative estimate of drug-likeness (QED) is 0.869. The van der Waals surface area contributed by atoms with E-state index in [1.807, 2.05) is 18.3 Å². The number of nitrogens with zero attached hydrogens (tertiary/aromatic N) is 2. The highest BCUT2D eigenvalue weighted by Crippen LogP contribution is 2.40. The summed E-state index contributed by atoms with van der Waals surface area (Å²) in [6, 6.07) is 10.7. The minimum absolute atomic E-state index is 0.121. The van der Waals surface area contributed by atoms with E-state index in [0.29, 0.717) is 5.92 Å². The molecule has 3 heterocycles. The molecule has 0 bridgehead atoms. The molecule has 2 atom stereocenters. The van der Waals surface area contributed by atoms with Gasteiger partial charge in [0, 0.05) is 17.6 Å². The molecule has 3 rings (SSSR count). The van der Waals surface area contributed by atoms with Crippen molar-refractivity contribution in [3.8, 4) is 0 Å². The Kier molecular flexibility index (Phi) is 4.22. The van der Waals surface area contributed by atoms with Crippen molar-refractivity contribution in [1.82, 2.24) is 15.2 Å². The van der Waals surface area contributed by atoms with Crippen molar-refractivity contribution < 1.29 is 0 Å². The van der Waals surface area contributed by atoms with E-state index in [-0.39, 0.29) is 12.1 Å². The van der Waals surface area contributed by atoms with Crippen molar-refractivity contribution in [3.63, 3.8) is 0 Å². The zero-order valence-electron chi connectivity index (χ0n) is 12.2. The summed E-state index contributed by atoms with van der Waals surface area (Å²) in [5, 5.41) is 6.42. The van der Waals surface area contributed by atoms with E-state index >= 15 is 0 Å². The molecule has 0 spiro atoms. The molecule has 2 aromatic rings. The monoisotopic (exact) mass is 317 g/mol. The van der Waals surface area contributed by atoms with Crippen LogP contribution in [0.15, 0.2) is 41.9 Å². The van der Waals surface area contributed by atoms with Gasteiger partial charge in [0.05, 0.1) is 17.8 Å². The molecule has 1 N–H and O–H groups in total. The molecule has 0 aromatic carbocycles. The fourth-order valence-electron chi connectivity index (χ4n) is 2.76. The van der Waals surface area contributed by atoms with E-state index in [9.17, 15) is 0 Å². The molecule has 0 amide bonds. The Morgan fingerprint density at radius 1 is 1.33 bits per heavy atom. The minimum Gasteiger partial charge on any atom is -0.352 e. The summed E-state index contributed by atoms with van der Waals surface area (Å²) < 4.78 is 0. The molecule has 21 heavy (non-hydrogen) atoms. The molecule has 0 saturated carbocycles. The third-order valence-electron chi connectivity index (χ3n) is 3.59. The van der Waals surface area contributed by atoms with Gasteiger partial charge in [0.2, 0.25) is 0 Å². The summed E-state index contributed by atoms with van der Waals surface area (Å²) in [5.41, 5.74) is 1.05. The van der Waals surface area contributed by atoms with E-state index < -0.39 is 0 Å². The predicted octanol–water partition coefficient (Wildman–Crippen LogP) is 3.77. The molecular weight excluding hydrogens is 298 g/mol. The lowest BCUT2D eigenvalue weighted by molar-refractivity contribution is 0.291. The highest BCUT2D eigenvalue weighted by molar-refractivity contribution is 7.80. The summed E-state index contributed by atoms with van der Waals surface area (Å²) in [7, 11) is 0. The van der Waals surface area contributed by atoms with Gasteiger partial charge in [0.1, 0.15) is 0 Å². The number of pyridine rings is 1. The molecule has 3 nitrogen and oxygen atoms in total. The van der Waals surface area contributed by atoms with Crippen LogP contribution in [0, 0.1) is 5.92 Å². The van der Waals surface area contributed by atoms with Gasteiger partial charge < -0.3 is 10.2 Å². The molecule has 2 aromatic heterocycles. The molecule has 1 aliphatic rings. The summed E-state index contributed by atoms with van der Waals surface area (Å²) in [5.74, 6) is 0.565. The molecule has 0 aliphatic carbocycles. The number of hydrogen-bond donors (Lipinski definition) is 1. The highest BCUT2D eigenvalue weighted by atomic mass is 32.1. The van der Waals surface area contributed by atoms with Gasteiger partial charge >= 0.3 is 0 Å². The lowest BCUT2D eigenvalue weighted by Crippen LogP contribution is -2.32. The second-order valence-corrected chi connectivity index (χ2v) is 7.05. The molecule has 2 unspecified atom stereocenters. The van der Waals surface area contributed by atoms with Crippen molar-refractivity contribution in [3.05, 3.63) is 52.5 Å². The molecule has 5 heteroatoms. The van der Waals surface area contributed by atoms with Crippen LogP contribution in [0.1, 0.15) is 36.5 Å². The van der Waals surface area contributed by atoms with Crippen LogP contribution in [0.5, 0.6) is 0 Å². The molecule has 0 radical (unpaired) electrons. The van der Waals surface area contributed by atoms with Crippen molar-refractivity contribution in [2.24, 2.45) is 5.92 Å². The van der Waals surface area contributed by atoms with Crippen molar-refractivity contribution >= 4 is 28.7 Å². The van der Waals surface area contributed by atoms with Crippen LogP contribution in [-0.4, -0.2) is 21.5 Å². The van der Waals surface area contributed by atoms with E-state index in [4.69, 9.17) is 12.2 Å². The van der Waals surface area contributed by atoms with Gasteiger partial charge in [-0.2, -0.15) is 0 Å². The Morgan fingerprint density at radius 2 is 2.19 bits per heavy atom. The fourth-order valence-corrected chi connectivity index (χ4v) is 3.95. The lowest BCUT2D eigenvalue weighted by atomic mass is 10.0.